The molecule has 1 N–H and O–H groups in total. The minimum Gasteiger partial charge on any atom is -0.410 e. The summed E-state index contributed by atoms with van der Waals surface area (Å²) in [5, 5.41) is 11.8. The minimum atomic E-state index is 0.0179. The van der Waals surface area contributed by atoms with Gasteiger partial charge in [0.2, 0.25) is 5.91 Å². The molecule has 0 spiro atoms. The number of fused-ring (bicyclic) bond motifs is 1. The maximum absolute atomic E-state index is 12.1. The summed E-state index contributed by atoms with van der Waals surface area (Å²) >= 11 is 3.06. The number of thioether (sulfide) groups is 1. The highest BCUT2D eigenvalue weighted by atomic mass is 32.2. The molecule has 2 heterocycles. The second kappa shape index (κ2) is 9.73. The third kappa shape index (κ3) is 5.82. The van der Waals surface area contributed by atoms with Crippen LogP contribution in [0, 0.1) is 5.92 Å². The molecule has 1 amide bonds. The number of aromatic nitrogens is 2. The summed E-state index contributed by atoms with van der Waals surface area (Å²) in [7, 11) is 0. The Balaban J connectivity index is 1.49. The van der Waals surface area contributed by atoms with Crippen LogP contribution in [0.5, 0.6) is 0 Å². The molecule has 0 aromatic carbocycles. The summed E-state index contributed by atoms with van der Waals surface area (Å²) in [4.78, 5) is 14.6. The van der Waals surface area contributed by atoms with E-state index in [4.69, 9.17) is 4.42 Å². The molecule has 5 nitrogen and oxygen atoms in total. The number of aryl methyl sites for hydroxylation is 1. The molecular formula is C20H29N3O2S2. The van der Waals surface area contributed by atoms with Gasteiger partial charge in [0, 0.05) is 10.9 Å². The lowest BCUT2D eigenvalue weighted by Gasteiger charge is -2.16. The van der Waals surface area contributed by atoms with E-state index < -0.39 is 0 Å². The van der Waals surface area contributed by atoms with Crippen molar-refractivity contribution in [1.82, 2.24) is 15.5 Å². The molecule has 0 unspecified atom stereocenters. The lowest BCUT2D eigenvalue weighted by molar-refractivity contribution is -0.119. The van der Waals surface area contributed by atoms with Crippen molar-refractivity contribution in [2.75, 3.05) is 5.75 Å². The number of hydrogen-bond donors (Lipinski definition) is 1. The van der Waals surface area contributed by atoms with Gasteiger partial charge in [-0.05, 0) is 50.2 Å². The van der Waals surface area contributed by atoms with Crippen molar-refractivity contribution in [2.45, 2.75) is 77.0 Å². The van der Waals surface area contributed by atoms with Gasteiger partial charge in [-0.15, -0.1) is 21.5 Å². The molecule has 148 valence electrons. The Hall–Kier alpha value is -1.34. The summed E-state index contributed by atoms with van der Waals surface area (Å²) < 4.78 is 5.78. The molecule has 2 atom stereocenters. The monoisotopic (exact) mass is 407 g/mol. The number of nitrogens with one attached hydrogen (secondary N) is 1. The van der Waals surface area contributed by atoms with E-state index in [0.29, 0.717) is 16.9 Å². The summed E-state index contributed by atoms with van der Waals surface area (Å²) in [6, 6.07) is 2.41. The first-order valence-electron chi connectivity index (χ1n) is 9.92. The molecule has 0 bridgehead atoms. The number of rotatable bonds is 9. The first-order valence-corrected chi connectivity index (χ1v) is 11.7. The number of amides is 1. The first-order chi connectivity index (χ1) is 13.0. The van der Waals surface area contributed by atoms with Gasteiger partial charge in [-0.25, -0.2) is 0 Å². The molecule has 0 aliphatic heterocycles. The van der Waals surface area contributed by atoms with E-state index in [1.54, 1.807) is 11.3 Å². The van der Waals surface area contributed by atoms with Gasteiger partial charge in [0.25, 0.3) is 11.1 Å². The van der Waals surface area contributed by atoms with E-state index in [-0.39, 0.29) is 11.9 Å². The molecular weight excluding hydrogens is 378 g/mol. The van der Waals surface area contributed by atoms with Crippen LogP contribution in [0.2, 0.25) is 0 Å². The van der Waals surface area contributed by atoms with E-state index >= 15 is 0 Å². The van der Waals surface area contributed by atoms with Gasteiger partial charge in [-0.2, -0.15) is 0 Å². The standard InChI is InChI=1S/C20H29N3O2S2/c1-4-5-6-7-14(3)21-18(24)12-26-20-23-22-19(25-20)17-11-15-10-13(2)8-9-16(15)27-17/h11,13-14H,4-10,12H2,1-3H3,(H,21,24)/t13-,14+/m0/s1. The van der Waals surface area contributed by atoms with Crippen LogP contribution in [0.15, 0.2) is 15.7 Å². The zero-order valence-electron chi connectivity index (χ0n) is 16.4. The number of nitrogens with zero attached hydrogens (tertiary/aromatic N) is 2. The molecule has 2 aromatic heterocycles. The predicted molar refractivity (Wildman–Crippen MR) is 111 cm³/mol. The number of carbonyl (C=O) groups is 1. The first kappa shape index (κ1) is 20.4. The third-order valence-electron chi connectivity index (χ3n) is 4.92. The van der Waals surface area contributed by atoms with Crippen LogP contribution in [-0.4, -0.2) is 27.9 Å². The smallest absolute Gasteiger partial charge is 0.277 e. The fourth-order valence-corrected chi connectivity index (χ4v) is 5.10. The Bertz CT molecular complexity index is 756. The van der Waals surface area contributed by atoms with Crippen molar-refractivity contribution >= 4 is 29.0 Å². The molecule has 0 saturated carbocycles. The van der Waals surface area contributed by atoms with Gasteiger partial charge in [-0.1, -0.05) is 44.9 Å². The maximum atomic E-state index is 12.1. The number of hydrogen-bond acceptors (Lipinski definition) is 6. The van der Waals surface area contributed by atoms with Gasteiger partial charge >= 0.3 is 0 Å². The van der Waals surface area contributed by atoms with Crippen LogP contribution in [0.4, 0.5) is 0 Å². The van der Waals surface area contributed by atoms with Crippen LogP contribution >= 0.6 is 23.1 Å². The van der Waals surface area contributed by atoms with E-state index in [9.17, 15) is 4.79 Å². The van der Waals surface area contributed by atoms with Crippen molar-refractivity contribution < 1.29 is 9.21 Å². The van der Waals surface area contributed by atoms with E-state index in [2.05, 4.69) is 42.4 Å². The van der Waals surface area contributed by atoms with Crippen LogP contribution < -0.4 is 5.32 Å². The third-order valence-corrected chi connectivity index (χ3v) is 6.96. The van der Waals surface area contributed by atoms with Gasteiger partial charge in [0.15, 0.2) is 0 Å². The van der Waals surface area contributed by atoms with E-state index in [0.717, 1.165) is 36.5 Å². The van der Waals surface area contributed by atoms with Crippen molar-refractivity contribution in [3.05, 3.63) is 16.5 Å². The Kier molecular flexibility index (Phi) is 7.35. The molecule has 7 heteroatoms. The van der Waals surface area contributed by atoms with E-state index in [1.807, 2.05) is 0 Å². The predicted octanol–water partition coefficient (Wildman–Crippen LogP) is 5.10. The second-order valence-electron chi connectivity index (χ2n) is 7.53. The Morgan fingerprint density at radius 3 is 3.11 bits per heavy atom. The molecule has 0 saturated heterocycles. The van der Waals surface area contributed by atoms with Gasteiger partial charge in [-0.3, -0.25) is 4.79 Å². The molecule has 2 aromatic rings. The van der Waals surface area contributed by atoms with Crippen LogP contribution in [0.3, 0.4) is 0 Å². The Morgan fingerprint density at radius 2 is 2.30 bits per heavy atom. The Morgan fingerprint density at radius 1 is 1.44 bits per heavy atom. The number of unbranched alkanes of at least 4 members (excludes halogenated alkanes) is 2. The topological polar surface area (TPSA) is 68.0 Å². The van der Waals surface area contributed by atoms with Crippen LogP contribution in [0.1, 0.15) is 63.3 Å². The van der Waals surface area contributed by atoms with Crippen molar-refractivity contribution in [3.8, 4) is 10.8 Å². The largest absolute Gasteiger partial charge is 0.410 e. The summed E-state index contributed by atoms with van der Waals surface area (Å²) in [5.74, 6) is 1.64. The van der Waals surface area contributed by atoms with Crippen molar-refractivity contribution in [2.24, 2.45) is 5.92 Å². The summed E-state index contributed by atoms with van der Waals surface area (Å²) in [5.41, 5.74) is 1.43. The van der Waals surface area contributed by atoms with Gasteiger partial charge in [0.1, 0.15) is 0 Å². The van der Waals surface area contributed by atoms with Crippen LogP contribution in [-0.2, 0) is 17.6 Å². The molecule has 27 heavy (non-hydrogen) atoms. The molecule has 3 rings (SSSR count). The zero-order chi connectivity index (χ0) is 19.2. The second-order valence-corrected chi connectivity index (χ2v) is 9.60. The van der Waals surface area contributed by atoms with E-state index in [1.165, 1.54) is 41.5 Å². The average Bonchev–Trinajstić information content (AvgIpc) is 3.26. The summed E-state index contributed by atoms with van der Waals surface area (Å²) in [6.45, 7) is 6.55. The highest BCUT2D eigenvalue weighted by Gasteiger charge is 2.21. The van der Waals surface area contributed by atoms with Crippen molar-refractivity contribution in [3.63, 3.8) is 0 Å². The van der Waals surface area contributed by atoms with Gasteiger partial charge in [0.05, 0.1) is 10.6 Å². The van der Waals surface area contributed by atoms with Crippen molar-refractivity contribution in [1.29, 1.82) is 0 Å². The molecule has 0 fully saturated rings. The zero-order valence-corrected chi connectivity index (χ0v) is 18.0. The molecule has 1 aliphatic rings. The molecule has 1 aliphatic carbocycles. The lowest BCUT2D eigenvalue weighted by atomic mass is 9.90. The quantitative estimate of drug-likeness (QED) is 0.463. The molecule has 0 radical (unpaired) electrons. The summed E-state index contributed by atoms with van der Waals surface area (Å²) in [6.07, 6.45) is 8.13. The lowest BCUT2D eigenvalue weighted by Crippen LogP contribution is -2.33. The minimum absolute atomic E-state index is 0.0179. The highest BCUT2D eigenvalue weighted by molar-refractivity contribution is 7.99. The SMILES string of the molecule is CCCCC[C@@H](C)NC(=O)CSc1nnc(-c2cc3c(s2)CC[C@H](C)C3)o1. The maximum Gasteiger partial charge on any atom is 0.277 e. The highest BCUT2D eigenvalue weighted by Crippen LogP contribution is 2.37. The Labute approximate surface area is 169 Å². The fraction of sp³-hybridized carbons (Fsp3) is 0.650. The van der Waals surface area contributed by atoms with Crippen LogP contribution in [0.25, 0.3) is 10.8 Å². The normalized spacial score (nSPS) is 17.5. The number of thiophene rings is 1. The number of carbonyl (C=O) groups excluding carboxylic acids is 1. The van der Waals surface area contributed by atoms with Gasteiger partial charge < -0.3 is 9.73 Å². The average molecular weight is 408 g/mol. The fourth-order valence-electron chi connectivity index (χ4n) is 3.40.